The first-order valence-electron chi connectivity index (χ1n) is 6.34. The van der Waals surface area contributed by atoms with Crippen LogP contribution in [0.1, 0.15) is 48.7 Å². The Bertz CT molecular complexity index is 383. The molecule has 1 heterocycles. The van der Waals surface area contributed by atoms with Crippen molar-refractivity contribution < 1.29 is 4.79 Å². The van der Waals surface area contributed by atoms with Crippen LogP contribution in [0.25, 0.3) is 0 Å². The van der Waals surface area contributed by atoms with E-state index in [1.54, 1.807) is 13.1 Å². The Kier molecular flexibility index (Phi) is 4.15. The van der Waals surface area contributed by atoms with Crippen LogP contribution in [0, 0.1) is 5.92 Å². The summed E-state index contributed by atoms with van der Waals surface area (Å²) < 4.78 is 0. The van der Waals surface area contributed by atoms with Crippen molar-refractivity contribution in [3.8, 4) is 0 Å². The zero-order valence-electron chi connectivity index (χ0n) is 10.6. The molecule has 0 bridgehead atoms. The van der Waals surface area contributed by atoms with Crippen molar-refractivity contribution in [2.75, 3.05) is 18.5 Å². The highest BCUT2D eigenvalue weighted by molar-refractivity contribution is 7.17. The Morgan fingerprint density at radius 2 is 2.18 bits per heavy atom. The second-order valence-corrected chi connectivity index (χ2v) is 5.96. The van der Waals surface area contributed by atoms with Gasteiger partial charge < -0.3 is 4.90 Å². The van der Waals surface area contributed by atoms with Crippen LogP contribution in [0.3, 0.4) is 0 Å². The number of nitrogens with zero attached hydrogens (tertiary/aromatic N) is 2. The summed E-state index contributed by atoms with van der Waals surface area (Å²) in [6, 6.07) is 0. The third-order valence-electron chi connectivity index (χ3n) is 3.42. The number of Topliss-reactive ketones (excluding diaryl/α,β-unsaturated/α-hetero) is 1. The fourth-order valence-corrected chi connectivity index (χ4v) is 3.22. The van der Waals surface area contributed by atoms with Crippen LogP contribution in [0.15, 0.2) is 6.20 Å². The summed E-state index contributed by atoms with van der Waals surface area (Å²) in [5, 5.41) is 0.973. The van der Waals surface area contributed by atoms with Gasteiger partial charge in [0.2, 0.25) is 0 Å². The van der Waals surface area contributed by atoms with Crippen LogP contribution in [-0.4, -0.2) is 24.4 Å². The molecule has 1 saturated carbocycles. The lowest BCUT2D eigenvalue weighted by molar-refractivity contribution is 0.102. The van der Waals surface area contributed by atoms with E-state index in [-0.39, 0.29) is 5.78 Å². The van der Waals surface area contributed by atoms with E-state index >= 15 is 0 Å². The molecule has 3 nitrogen and oxygen atoms in total. The Hall–Kier alpha value is -0.900. The molecule has 1 fully saturated rings. The van der Waals surface area contributed by atoms with Gasteiger partial charge in [0.25, 0.3) is 0 Å². The molecule has 0 amide bonds. The number of ketones is 1. The van der Waals surface area contributed by atoms with Crippen molar-refractivity contribution >= 4 is 22.3 Å². The van der Waals surface area contributed by atoms with Crippen molar-refractivity contribution in [2.24, 2.45) is 5.92 Å². The molecule has 0 saturated heterocycles. The second-order valence-electron chi connectivity index (χ2n) is 4.95. The van der Waals surface area contributed by atoms with E-state index < -0.39 is 0 Å². The van der Waals surface area contributed by atoms with Crippen molar-refractivity contribution in [1.82, 2.24) is 4.98 Å². The zero-order valence-corrected chi connectivity index (χ0v) is 11.4. The summed E-state index contributed by atoms with van der Waals surface area (Å²) in [6.07, 6.45) is 8.51. The number of hydrogen-bond acceptors (Lipinski definition) is 4. The SMILES string of the molecule is CC(=O)c1cnc(N(C)CC2CCCCC2)s1. The number of hydrogen-bond donors (Lipinski definition) is 0. The molecular formula is C13H20N2OS. The normalized spacial score (nSPS) is 17.1. The molecule has 0 unspecified atom stereocenters. The van der Waals surface area contributed by atoms with Gasteiger partial charge in [-0.1, -0.05) is 30.6 Å². The molecule has 1 aliphatic carbocycles. The minimum atomic E-state index is 0.111. The summed E-state index contributed by atoms with van der Waals surface area (Å²) in [5.41, 5.74) is 0. The highest BCUT2D eigenvalue weighted by Crippen LogP contribution is 2.27. The molecule has 0 atom stereocenters. The summed E-state index contributed by atoms with van der Waals surface area (Å²) >= 11 is 1.50. The number of carbonyl (C=O) groups is 1. The molecule has 0 spiro atoms. The van der Waals surface area contributed by atoms with E-state index in [0.29, 0.717) is 0 Å². The third kappa shape index (κ3) is 3.28. The highest BCUT2D eigenvalue weighted by Gasteiger charge is 2.17. The smallest absolute Gasteiger partial charge is 0.185 e. The monoisotopic (exact) mass is 252 g/mol. The van der Waals surface area contributed by atoms with Crippen molar-refractivity contribution in [3.05, 3.63) is 11.1 Å². The molecule has 0 aromatic carbocycles. The van der Waals surface area contributed by atoms with Crippen LogP contribution in [0.5, 0.6) is 0 Å². The maximum atomic E-state index is 11.2. The lowest BCUT2D eigenvalue weighted by Gasteiger charge is -2.26. The third-order valence-corrected chi connectivity index (χ3v) is 4.64. The molecular weight excluding hydrogens is 232 g/mol. The number of aromatic nitrogens is 1. The van der Waals surface area contributed by atoms with Crippen molar-refractivity contribution in [2.45, 2.75) is 39.0 Å². The predicted octanol–water partition coefficient (Wildman–Crippen LogP) is 3.36. The Balaban J connectivity index is 1.93. The van der Waals surface area contributed by atoms with Crippen LogP contribution < -0.4 is 4.90 Å². The maximum absolute atomic E-state index is 11.2. The van der Waals surface area contributed by atoms with E-state index in [1.807, 2.05) is 0 Å². The number of carbonyl (C=O) groups excluding carboxylic acids is 1. The minimum absolute atomic E-state index is 0.111. The van der Waals surface area contributed by atoms with Crippen molar-refractivity contribution in [3.63, 3.8) is 0 Å². The Morgan fingerprint density at radius 1 is 1.47 bits per heavy atom. The molecule has 17 heavy (non-hydrogen) atoms. The Labute approximate surface area is 107 Å². The van der Waals surface area contributed by atoms with E-state index in [1.165, 1.54) is 43.4 Å². The molecule has 94 valence electrons. The lowest BCUT2D eigenvalue weighted by Crippen LogP contribution is -2.26. The fraction of sp³-hybridized carbons (Fsp3) is 0.692. The average molecular weight is 252 g/mol. The molecule has 0 N–H and O–H groups in total. The molecule has 4 heteroatoms. The molecule has 0 aliphatic heterocycles. The quantitative estimate of drug-likeness (QED) is 0.770. The predicted molar refractivity (Wildman–Crippen MR) is 72.0 cm³/mol. The van der Waals surface area contributed by atoms with Gasteiger partial charge in [-0.15, -0.1) is 0 Å². The van der Waals surface area contributed by atoms with Crippen LogP contribution in [0.4, 0.5) is 5.13 Å². The summed E-state index contributed by atoms with van der Waals surface area (Å²) in [6.45, 7) is 2.67. The first kappa shape index (κ1) is 12.6. The van der Waals surface area contributed by atoms with Gasteiger partial charge >= 0.3 is 0 Å². The van der Waals surface area contributed by atoms with E-state index in [4.69, 9.17) is 0 Å². The molecule has 1 aromatic heterocycles. The van der Waals surface area contributed by atoms with Gasteiger partial charge in [0.1, 0.15) is 0 Å². The van der Waals surface area contributed by atoms with Crippen LogP contribution in [0.2, 0.25) is 0 Å². The van der Waals surface area contributed by atoms with Gasteiger partial charge in [0, 0.05) is 20.5 Å². The topological polar surface area (TPSA) is 33.2 Å². The Morgan fingerprint density at radius 3 is 2.76 bits per heavy atom. The van der Waals surface area contributed by atoms with E-state index in [0.717, 1.165) is 22.5 Å². The average Bonchev–Trinajstić information content (AvgIpc) is 2.79. The van der Waals surface area contributed by atoms with Crippen LogP contribution >= 0.6 is 11.3 Å². The number of thiazole rings is 1. The van der Waals surface area contributed by atoms with Gasteiger partial charge in [0.15, 0.2) is 10.9 Å². The molecule has 0 radical (unpaired) electrons. The standard InChI is InChI=1S/C13H20N2OS/c1-10(16)12-8-14-13(17-12)15(2)9-11-6-4-3-5-7-11/h8,11H,3-7,9H2,1-2H3. The highest BCUT2D eigenvalue weighted by atomic mass is 32.1. The number of rotatable bonds is 4. The van der Waals surface area contributed by atoms with Gasteiger partial charge in [0.05, 0.1) is 11.1 Å². The zero-order chi connectivity index (χ0) is 12.3. The fourth-order valence-electron chi connectivity index (χ4n) is 2.44. The van der Waals surface area contributed by atoms with Gasteiger partial charge in [-0.25, -0.2) is 4.98 Å². The van der Waals surface area contributed by atoms with E-state index in [9.17, 15) is 4.79 Å². The first-order valence-corrected chi connectivity index (χ1v) is 7.16. The summed E-state index contributed by atoms with van der Waals surface area (Å²) in [7, 11) is 2.08. The largest absolute Gasteiger partial charge is 0.351 e. The molecule has 1 aromatic rings. The second kappa shape index (κ2) is 5.63. The maximum Gasteiger partial charge on any atom is 0.185 e. The summed E-state index contributed by atoms with van der Waals surface area (Å²) in [5.74, 6) is 0.915. The van der Waals surface area contributed by atoms with Crippen molar-refractivity contribution in [1.29, 1.82) is 0 Å². The first-order chi connectivity index (χ1) is 8.16. The summed E-state index contributed by atoms with van der Waals surface area (Å²) in [4.78, 5) is 18.5. The van der Waals surface area contributed by atoms with Crippen LogP contribution in [-0.2, 0) is 0 Å². The van der Waals surface area contributed by atoms with Gasteiger partial charge in [-0.3, -0.25) is 4.79 Å². The minimum Gasteiger partial charge on any atom is -0.351 e. The molecule has 2 rings (SSSR count). The van der Waals surface area contributed by atoms with E-state index in [2.05, 4.69) is 16.9 Å². The van der Waals surface area contributed by atoms with Gasteiger partial charge in [-0.05, 0) is 18.8 Å². The number of anilines is 1. The lowest BCUT2D eigenvalue weighted by atomic mass is 9.89. The molecule has 1 aliphatic rings. The van der Waals surface area contributed by atoms with Gasteiger partial charge in [-0.2, -0.15) is 0 Å².